The number of benzene rings is 1. The molecule has 0 aromatic heterocycles. The number of rotatable bonds is 7. The molecule has 0 aliphatic rings. The van der Waals surface area contributed by atoms with Crippen LogP contribution in [0.2, 0.25) is 0 Å². The SMILES string of the molecule is CC(C)=CCNS(=O)(=O)c1ccc(OCC(=O)O)cc1. The summed E-state index contributed by atoms with van der Waals surface area (Å²) in [6.45, 7) is 3.51. The fraction of sp³-hybridized carbons (Fsp3) is 0.308. The lowest BCUT2D eigenvalue weighted by Gasteiger charge is -2.07. The van der Waals surface area contributed by atoms with Gasteiger partial charge in [0.15, 0.2) is 6.61 Å². The predicted molar refractivity (Wildman–Crippen MR) is 74.2 cm³/mol. The average molecular weight is 299 g/mol. The third-order valence-electron chi connectivity index (χ3n) is 2.28. The van der Waals surface area contributed by atoms with E-state index in [9.17, 15) is 13.2 Å². The minimum atomic E-state index is -3.57. The van der Waals surface area contributed by atoms with Crippen LogP contribution in [-0.4, -0.2) is 32.6 Å². The van der Waals surface area contributed by atoms with Gasteiger partial charge in [-0.15, -0.1) is 0 Å². The molecule has 7 heteroatoms. The maximum Gasteiger partial charge on any atom is 0.341 e. The lowest BCUT2D eigenvalue weighted by Crippen LogP contribution is -2.23. The maximum atomic E-state index is 11.9. The van der Waals surface area contributed by atoms with Crippen molar-refractivity contribution in [3.63, 3.8) is 0 Å². The average Bonchev–Trinajstić information content (AvgIpc) is 2.36. The Hall–Kier alpha value is -1.86. The molecule has 0 aliphatic carbocycles. The summed E-state index contributed by atoms with van der Waals surface area (Å²) in [6.07, 6.45) is 1.77. The van der Waals surface area contributed by atoms with Crippen molar-refractivity contribution < 1.29 is 23.1 Å². The number of carboxylic acids is 1. The second-order valence-electron chi connectivity index (χ2n) is 4.29. The van der Waals surface area contributed by atoms with Gasteiger partial charge in [-0.05, 0) is 38.1 Å². The molecule has 1 aromatic rings. The summed E-state index contributed by atoms with van der Waals surface area (Å²) in [6, 6.07) is 5.56. The number of ether oxygens (including phenoxy) is 1. The van der Waals surface area contributed by atoms with Crippen molar-refractivity contribution in [1.29, 1.82) is 0 Å². The minimum absolute atomic E-state index is 0.0994. The Labute approximate surface area is 118 Å². The quantitative estimate of drug-likeness (QED) is 0.742. The molecule has 0 saturated heterocycles. The highest BCUT2D eigenvalue weighted by Gasteiger charge is 2.12. The molecule has 110 valence electrons. The van der Waals surface area contributed by atoms with E-state index in [2.05, 4.69) is 4.72 Å². The number of nitrogens with one attached hydrogen (secondary N) is 1. The van der Waals surface area contributed by atoms with Crippen molar-refractivity contribution in [3.05, 3.63) is 35.9 Å². The molecule has 0 radical (unpaired) electrons. The van der Waals surface area contributed by atoms with Gasteiger partial charge in [-0.1, -0.05) is 11.6 Å². The number of aliphatic carboxylic acids is 1. The van der Waals surface area contributed by atoms with Crippen molar-refractivity contribution in [2.75, 3.05) is 13.2 Å². The van der Waals surface area contributed by atoms with Gasteiger partial charge in [0.2, 0.25) is 10.0 Å². The summed E-state index contributed by atoms with van der Waals surface area (Å²) >= 11 is 0. The number of sulfonamides is 1. The fourth-order valence-electron chi connectivity index (χ4n) is 1.30. The third-order valence-corrected chi connectivity index (χ3v) is 3.72. The van der Waals surface area contributed by atoms with Gasteiger partial charge in [0.25, 0.3) is 0 Å². The number of carboxylic acid groups (broad SMARTS) is 1. The van der Waals surface area contributed by atoms with E-state index in [1.54, 1.807) is 6.08 Å². The number of carbonyl (C=O) groups is 1. The first-order valence-corrected chi connectivity index (χ1v) is 7.37. The molecule has 0 spiro atoms. The monoisotopic (exact) mass is 299 g/mol. The molecule has 0 fully saturated rings. The van der Waals surface area contributed by atoms with Crippen LogP contribution in [-0.2, 0) is 14.8 Å². The van der Waals surface area contributed by atoms with Gasteiger partial charge in [0, 0.05) is 6.54 Å². The molecule has 1 rings (SSSR count). The first-order chi connectivity index (χ1) is 9.31. The molecule has 0 aliphatic heterocycles. The Morgan fingerprint density at radius 1 is 1.30 bits per heavy atom. The second kappa shape index (κ2) is 7.06. The van der Waals surface area contributed by atoms with Gasteiger partial charge in [-0.2, -0.15) is 0 Å². The van der Waals surface area contributed by atoms with Crippen LogP contribution in [0.5, 0.6) is 5.75 Å². The highest BCUT2D eigenvalue weighted by molar-refractivity contribution is 7.89. The Bertz CT molecular complexity index is 586. The molecule has 0 saturated carbocycles. The van der Waals surface area contributed by atoms with E-state index in [1.165, 1.54) is 24.3 Å². The van der Waals surface area contributed by atoms with Gasteiger partial charge in [0.1, 0.15) is 5.75 Å². The molecule has 2 N–H and O–H groups in total. The highest BCUT2D eigenvalue weighted by atomic mass is 32.2. The van der Waals surface area contributed by atoms with Crippen LogP contribution >= 0.6 is 0 Å². The molecule has 6 nitrogen and oxygen atoms in total. The van der Waals surface area contributed by atoms with Crippen LogP contribution in [0, 0.1) is 0 Å². The molecule has 0 amide bonds. The number of hydrogen-bond donors (Lipinski definition) is 2. The van der Waals surface area contributed by atoms with Gasteiger partial charge < -0.3 is 9.84 Å². The summed E-state index contributed by atoms with van der Waals surface area (Å²) in [4.78, 5) is 10.4. The predicted octanol–water partition coefficient (Wildman–Crippen LogP) is 1.39. The first-order valence-electron chi connectivity index (χ1n) is 5.89. The van der Waals surface area contributed by atoms with E-state index in [1.807, 2.05) is 13.8 Å². The number of allylic oxidation sites excluding steroid dienone is 1. The molecule has 0 atom stereocenters. The zero-order valence-electron chi connectivity index (χ0n) is 11.3. The smallest absolute Gasteiger partial charge is 0.341 e. The normalized spacial score (nSPS) is 10.9. The Morgan fingerprint density at radius 2 is 1.90 bits per heavy atom. The van der Waals surface area contributed by atoms with Crippen LogP contribution in [0.15, 0.2) is 40.8 Å². The van der Waals surface area contributed by atoms with Gasteiger partial charge >= 0.3 is 5.97 Å². The highest BCUT2D eigenvalue weighted by Crippen LogP contribution is 2.15. The third kappa shape index (κ3) is 5.41. The van der Waals surface area contributed by atoms with E-state index in [4.69, 9.17) is 9.84 Å². The Kier molecular flexibility index (Phi) is 5.72. The zero-order chi connectivity index (χ0) is 15.2. The van der Waals surface area contributed by atoms with Crippen LogP contribution in [0.3, 0.4) is 0 Å². The van der Waals surface area contributed by atoms with E-state index in [0.29, 0.717) is 5.75 Å². The number of hydrogen-bond acceptors (Lipinski definition) is 4. The van der Waals surface area contributed by atoms with Crippen LogP contribution in [0.1, 0.15) is 13.8 Å². The summed E-state index contributed by atoms with van der Waals surface area (Å²) < 4.78 is 31.2. The Balaban J connectivity index is 2.71. The van der Waals surface area contributed by atoms with Gasteiger partial charge in [-0.3, -0.25) is 0 Å². The van der Waals surface area contributed by atoms with Gasteiger partial charge in [-0.25, -0.2) is 17.9 Å². The topological polar surface area (TPSA) is 92.7 Å². The lowest BCUT2D eigenvalue weighted by molar-refractivity contribution is -0.139. The van der Waals surface area contributed by atoms with Crippen molar-refractivity contribution in [2.45, 2.75) is 18.7 Å². The first kappa shape index (κ1) is 16.2. The molecule has 1 aromatic carbocycles. The minimum Gasteiger partial charge on any atom is -0.482 e. The molecular formula is C13H17NO5S. The van der Waals surface area contributed by atoms with E-state index >= 15 is 0 Å². The van der Waals surface area contributed by atoms with E-state index < -0.39 is 22.6 Å². The molecule has 20 heavy (non-hydrogen) atoms. The lowest BCUT2D eigenvalue weighted by atomic mass is 10.3. The van der Waals surface area contributed by atoms with Gasteiger partial charge in [0.05, 0.1) is 4.90 Å². The summed E-state index contributed by atoms with van der Waals surface area (Å²) in [5, 5.41) is 8.46. The largest absolute Gasteiger partial charge is 0.482 e. The van der Waals surface area contributed by atoms with Crippen LogP contribution in [0.25, 0.3) is 0 Å². The fourth-order valence-corrected chi connectivity index (χ4v) is 2.26. The van der Waals surface area contributed by atoms with Crippen molar-refractivity contribution >= 4 is 16.0 Å². The van der Waals surface area contributed by atoms with Crippen LogP contribution in [0.4, 0.5) is 0 Å². The molecule has 0 bridgehead atoms. The zero-order valence-corrected chi connectivity index (χ0v) is 12.1. The van der Waals surface area contributed by atoms with Crippen molar-refractivity contribution in [3.8, 4) is 5.75 Å². The second-order valence-corrected chi connectivity index (χ2v) is 6.05. The Morgan fingerprint density at radius 3 is 2.40 bits per heavy atom. The molecule has 0 unspecified atom stereocenters. The summed E-state index contributed by atoms with van der Waals surface area (Å²) in [5.41, 5.74) is 1.02. The van der Waals surface area contributed by atoms with Crippen molar-refractivity contribution in [1.82, 2.24) is 4.72 Å². The standard InChI is InChI=1S/C13H17NO5S/c1-10(2)7-8-14-20(17,18)12-5-3-11(4-6-12)19-9-13(15)16/h3-7,14H,8-9H2,1-2H3,(H,15,16). The molecule has 0 heterocycles. The maximum absolute atomic E-state index is 11.9. The molecular weight excluding hydrogens is 282 g/mol. The van der Waals surface area contributed by atoms with E-state index in [0.717, 1.165) is 5.57 Å². The van der Waals surface area contributed by atoms with Crippen molar-refractivity contribution in [2.24, 2.45) is 0 Å². The van der Waals surface area contributed by atoms with Crippen LogP contribution < -0.4 is 9.46 Å². The summed E-state index contributed by atoms with van der Waals surface area (Å²) in [7, 11) is -3.57. The summed E-state index contributed by atoms with van der Waals surface area (Å²) in [5.74, 6) is -0.791. The van der Waals surface area contributed by atoms with E-state index in [-0.39, 0.29) is 11.4 Å².